The van der Waals surface area contributed by atoms with E-state index >= 15 is 0 Å². The van der Waals surface area contributed by atoms with Crippen molar-refractivity contribution < 1.29 is 0 Å². The van der Waals surface area contributed by atoms with Crippen molar-refractivity contribution >= 4 is 0 Å². The maximum absolute atomic E-state index is 3.81. The molecule has 0 saturated heterocycles. The van der Waals surface area contributed by atoms with Crippen molar-refractivity contribution in [2.75, 3.05) is 6.54 Å². The molecule has 0 amide bonds. The quantitative estimate of drug-likeness (QED) is 0.692. The minimum Gasteiger partial charge on any atom is -0.314 e. The lowest BCUT2D eigenvalue weighted by Gasteiger charge is -2.50. The molecule has 0 aromatic carbocycles. The fraction of sp³-hybridized carbons (Fsp3) is 1.00. The van der Waals surface area contributed by atoms with E-state index in [0.29, 0.717) is 16.9 Å². The van der Waals surface area contributed by atoms with Gasteiger partial charge in [0.2, 0.25) is 0 Å². The molecule has 0 radical (unpaired) electrons. The van der Waals surface area contributed by atoms with Crippen LogP contribution in [-0.4, -0.2) is 12.6 Å². The molecule has 0 aliphatic heterocycles. The molecule has 0 aromatic heterocycles. The third-order valence-electron chi connectivity index (χ3n) is 6.54. The van der Waals surface area contributed by atoms with Gasteiger partial charge in [-0.3, -0.25) is 0 Å². The zero-order valence-electron chi connectivity index (χ0n) is 15.3. The summed E-state index contributed by atoms with van der Waals surface area (Å²) in [6.07, 6.45) is 13.3. The summed E-state index contributed by atoms with van der Waals surface area (Å²) in [6, 6.07) is 0.630. The van der Waals surface area contributed by atoms with Gasteiger partial charge in [0.1, 0.15) is 0 Å². The molecule has 1 N–H and O–H groups in total. The smallest absolute Gasteiger partial charge is 0.00128 e. The number of hydrogen-bond acceptors (Lipinski definition) is 1. The van der Waals surface area contributed by atoms with E-state index in [2.05, 4.69) is 39.9 Å². The number of nitrogens with one attached hydrogen (secondary N) is 1. The van der Waals surface area contributed by atoms with Crippen LogP contribution < -0.4 is 5.32 Å². The molecule has 0 bridgehead atoms. The molecular weight excluding hydrogens is 254 g/mol. The van der Waals surface area contributed by atoms with Crippen LogP contribution in [0.15, 0.2) is 0 Å². The van der Waals surface area contributed by atoms with Crippen molar-refractivity contribution in [3.8, 4) is 0 Å². The summed E-state index contributed by atoms with van der Waals surface area (Å²) in [5.41, 5.74) is 1.12. The zero-order chi connectivity index (χ0) is 15.5. The van der Waals surface area contributed by atoms with Crippen LogP contribution in [0.1, 0.15) is 92.4 Å². The third kappa shape index (κ3) is 4.47. The lowest BCUT2D eigenvalue weighted by Crippen LogP contribution is -2.46. The monoisotopic (exact) mass is 293 g/mol. The van der Waals surface area contributed by atoms with Crippen molar-refractivity contribution in [2.45, 2.75) is 98.4 Å². The average Bonchev–Trinajstić information content (AvgIpc) is 2.45. The van der Waals surface area contributed by atoms with Crippen LogP contribution in [0.2, 0.25) is 0 Å². The molecule has 0 spiro atoms. The second-order valence-electron chi connectivity index (χ2n) is 9.37. The van der Waals surface area contributed by atoms with E-state index in [-0.39, 0.29) is 0 Å². The maximum atomic E-state index is 3.81. The first-order valence-electron chi connectivity index (χ1n) is 9.57. The Morgan fingerprint density at radius 1 is 0.952 bits per heavy atom. The highest BCUT2D eigenvalue weighted by molar-refractivity contribution is 4.95. The molecule has 0 heterocycles. The summed E-state index contributed by atoms with van der Waals surface area (Å²) in [5, 5.41) is 3.81. The number of hydrogen-bond donors (Lipinski definition) is 1. The molecule has 0 aromatic rings. The topological polar surface area (TPSA) is 12.0 Å². The van der Waals surface area contributed by atoms with Gasteiger partial charge in [-0.2, -0.15) is 0 Å². The van der Waals surface area contributed by atoms with Gasteiger partial charge in [0.25, 0.3) is 0 Å². The van der Waals surface area contributed by atoms with E-state index in [0.717, 1.165) is 11.8 Å². The predicted molar refractivity (Wildman–Crippen MR) is 93.6 cm³/mol. The van der Waals surface area contributed by atoms with Crippen LogP contribution in [0.4, 0.5) is 0 Å². The van der Waals surface area contributed by atoms with Gasteiger partial charge in [-0.15, -0.1) is 0 Å². The van der Waals surface area contributed by atoms with Crippen molar-refractivity contribution in [3.05, 3.63) is 0 Å². The van der Waals surface area contributed by atoms with Gasteiger partial charge in [0, 0.05) is 12.6 Å². The fourth-order valence-electron chi connectivity index (χ4n) is 4.91. The Labute approximate surface area is 133 Å². The Morgan fingerprint density at radius 2 is 1.52 bits per heavy atom. The molecule has 0 atom stereocenters. The predicted octanol–water partition coefficient (Wildman–Crippen LogP) is 5.79. The maximum Gasteiger partial charge on any atom is 0.00128 e. The van der Waals surface area contributed by atoms with E-state index in [1.54, 1.807) is 0 Å². The summed E-state index contributed by atoms with van der Waals surface area (Å²) in [4.78, 5) is 0. The van der Waals surface area contributed by atoms with Gasteiger partial charge in [-0.05, 0) is 61.2 Å². The molecule has 124 valence electrons. The summed E-state index contributed by atoms with van der Waals surface area (Å²) < 4.78 is 0. The van der Waals surface area contributed by atoms with E-state index in [4.69, 9.17) is 0 Å². The molecule has 0 unspecified atom stereocenters. The third-order valence-corrected chi connectivity index (χ3v) is 6.54. The highest BCUT2D eigenvalue weighted by atomic mass is 14.9. The van der Waals surface area contributed by atoms with Crippen molar-refractivity contribution in [1.82, 2.24) is 5.32 Å². The van der Waals surface area contributed by atoms with Crippen molar-refractivity contribution in [2.24, 2.45) is 22.7 Å². The zero-order valence-corrected chi connectivity index (χ0v) is 15.3. The second kappa shape index (κ2) is 7.02. The first-order valence-corrected chi connectivity index (χ1v) is 9.57. The van der Waals surface area contributed by atoms with E-state index in [1.165, 1.54) is 64.3 Å². The van der Waals surface area contributed by atoms with Gasteiger partial charge in [-0.1, -0.05) is 53.9 Å². The molecule has 2 aliphatic carbocycles. The van der Waals surface area contributed by atoms with Crippen LogP contribution >= 0.6 is 0 Å². The summed E-state index contributed by atoms with van der Waals surface area (Å²) >= 11 is 0. The molecule has 2 saturated carbocycles. The Morgan fingerprint density at radius 3 is 2.00 bits per heavy atom. The standard InChI is InChI=1S/C20H39N/c1-16(2)21-15-20(18-9-7-6-8-10-18)13-11-17(12-14-20)19(3,4)5/h16-18,21H,6-15H2,1-5H3. The molecular formula is C20H39N. The fourth-order valence-corrected chi connectivity index (χ4v) is 4.91. The van der Waals surface area contributed by atoms with E-state index in [9.17, 15) is 0 Å². The molecule has 2 aliphatic rings. The first kappa shape index (κ1) is 17.3. The van der Waals surface area contributed by atoms with Crippen LogP contribution in [0.3, 0.4) is 0 Å². The lowest BCUT2D eigenvalue weighted by molar-refractivity contribution is 0.0213. The summed E-state index contributed by atoms with van der Waals surface area (Å²) in [6.45, 7) is 13.2. The van der Waals surface area contributed by atoms with Crippen LogP contribution in [0.5, 0.6) is 0 Å². The average molecular weight is 294 g/mol. The molecule has 2 fully saturated rings. The minimum atomic E-state index is 0.504. The largest absolute Gasteiger partial charge is 0.314 e. The highest BCUT2D eigenvalue weighted by Crippen LogP contribution is 2.52. The SMILES string of the molecule is CC(C)NCC1(C2CCCCC2)CCC(C(C)(C)C)CC1. The molecule has 21 heavy (non-hydrogen) atoms. The van der Waals surface area contributed by atoms with Gasteiger partial charge < -0.3 is 5.32 Å². The van der Waals surface area contributed by atoms with Gasteiger partial charge in [-0.25, -0.2) is 0 Å². The van der Waals surface area contributed by atoms with Crippen molar-refractivity contribution in [1.29, 1.82) is 0 Å². The van der Waals surface area contributed by atoms with Crippen LogP contribution in [-0.2, 0) is 0 Å². The lowest BCUT2D eigenvalue weighted by atomic mass is 9.57. The second-order valence-corrected chi connectivity index (χ2v) is 9.37. The minimum absolute atomic E-state index is 0.504. The normalized spacial score (nSPS) is 32.6. The Bertz CT molecular complexity index is 298. The van der Waals surface area contributed by atoms with Crippen LogP contribution in [0, 0.1) is 22.7 Å². The van der Waals surface area contributed by atoms with Crippen molar-refractivity contribution in [3.63, 3.8) is 0 Å². The highest BCUT2D eigenvalue weighted by Gasteiger charge is 2.43. The molecule has 2 rings (SSSR count). The number of rotatable bonds is 4. The van der Waals surface area contributed by atoms with E-state index in [1.807, 2.05) is 0 Å². The van der Waals surface area contributed by atoms with E-state index < -0.39 is 0 Å². The summed E-state index contributed by atoms with van der Waals surface area (Å²) in [7, 11) is 0. The first-order chi connectivity index (χ1) is 9.83. The van der Waals surface area contributed by atoms with Gasteiger partial charge in [0.15, 0.2) is 0 Å². The Kier molecular flexibility index (Phi) is 5.79. The molecule has 1 heteroatoms. The Balaban J connectivity index is 2.03. The van der Waals surface area contributed by atoms with Gasteiger partial charge in [0.05, 0.1) is 0 Å². The molecule has 1 nitrogen and oxygen atoms in total. The summed E-state index contributed by atoms with van der Waals surface area (Å²) in [5.74, 6) is 1.94. The van der Waals surface area contributed by atoms with Gasteiger partial charge >= 0.3 is 0 Å². The van der Waals surface area contributed by atoms with Crippen LogP contribution in [0.25, 0.3) is 0 Å². The Hall–Kier alpha value is -0.0400.